The van der Waals surface area contributed by atoms with Crippen LogP contribution >= 0.6 is 0 Å². The van der Waals surface area contributed by atoms with E-state index in [1.807, 2.05) is 91.0 Å². The number of rotatable bonds is 9. The molecule has 0 bridgehead atoms. The normalized spacial score (nSPS) is 16.4. The van der Waals surface area contributed by atoms with Crippen molar-refractivity contribution in [3.63, 3.8) is 0 Å². The highest BCUT2D eigenvalue weighted by molar-refractivity contribution is 5.94. The lowest BCUT2D eigenvalue weighted by Gasteiger charge is -2.36. The van der Waals surface area contributed by atoms with Crippen LogP contribution in [0.4, 0.5) is 11.4 Å². The molecule has 0 spiro atoms. The number of benzene rings is 5. The molecule has 2 aliphatic heterocycles. The molecule has 7 rings (SSSR count). The van der Waals surface area contributed by atoms with E-state index in [0.717, 1.165) is 36.3 Å². The topological polar surface area (TPSA) is 81.8 Å². The number of anilines is 2. The quantitative estimate of drug-likeness (QED) is 0.148. The zero-order valence-corrected chi connectivity index (χ0v) is 32.7. The smallest absolute Gasteiger partial charge is 0.254 e. The van der Waals surface area contributed by atoms with Crippen molar-refractivity contribution in [1.82, 2.24) is 9.80 Å². The molecule has 2 heterocycles. The lowest BCUT2D eigenvalue weighted by molar-refractivity contribution is -0.106. The van der Waals surface area contributed by atoms with E-state index >= 15 is 0 Å². The molecule has 0 radical (unpaired) electrons. The van der Waals surface area contributed by atoms with Gasteiger partial charge in [-0.25, -0.2) is 0 Å². The fourth-order valence-corrected chi connectivity index (χ4v) is 7.00. The lowest BCUT2D eigenvalue weighted by atomic mass is 9.92. The van der Waals surface area contributed by atoms with Crippen molar-refractivity contribution in [3.05, 3.63) is 168 Å². The number of para-hydroxylation sites is 2. The Kier molecular flexibility index (Phi) is 18.4. The fraction of sp³-hybridized carbons (Fsp3) is 0.312. The summed E-state index contributed by atoms with van der Waals surface area (Å²) >= 11 is 0. The van der Waals surface area contributed by atoms with Crippen LogP contribution in [0.2, 0.25) is 0 Å². The summed E-state index contributed by atoms with van der Waals surface area (Å²) < 4.78 is 0. The number of hydrogen-bond donors (Lipinski definition) is 2. The van der Waals surface area contributed by atoms with Crippen molar-refractivity contribution < 1.29 is 14.4 Å². The third-order valence-corrected chi connectivity index (χ3v) is 9.98. The average molecular weight is 739 g/mol. The maximum absolute atomic E-state index is 12.9. The van der Waals surface area contributed by atoms with Crippen molar-refractivity contribution in [2.24, 2.45) is 0 Å². The van der Waals surface area contributed by atoms with Gasteiger partial charge in [0.2, 0.25) is 12.8 Å². The first-order valence-corrected chi connectivity index (χ1v) is 19.7. The lowest BCUT2D eigenvalue weighted by Crippen LogP contribution is -2.38. The molecule has 7 nitrogen and oxygen atoms in total. The minimum Gasteiger partial charge on any atom is -0.332 e. The minimum absolute atomic E-state index is 0.156. The second-order valence-corrected chi connectivity index (χ2v) is 14.0. The summed E-state index contributed by atoms with van der Waals surface area (Å²) in [4.78, 5) is 37.3. The van der Waals surface area contributed by atoms with Crippen molar-refractivity contribution >= 4 is 30.1 Å². The van der Waals surface area contributed by atoms with Gasteiger partial charge < -0.3 is 15.5 Å². The Labute approximate surface area is 328 Å². The Morgan fingerprint density at radius 2 is 1.05 bits per heavy atom. The first kappa shape index (κ1) is 42.2. The predicted molar refractivity (Wildman–Crippen MR) is 227 cm³/mol. The van der Waals surface area contributed by atoms with E-state index in [0.29, 0.717) is 24.8 Å². The van der Waals surface area contributed by atoms with Gasteiger partial charge in [-0.15, -0.1) is 0 Å². The molecule has 0 aliphatic carbocycles. The van der Waals surface area contributed by atoms with Gasteiger partial charge in [0.25, 0.3) is 5.91 Å². The van der Waals surface area contributed by atoms with Crippen molar-refractivity contribution in [3.8, 4) is 0 Å². The summed E-state index contributed by atoms with van der Waals surface area (Å²) in [5, 5.41) is 5.05. The molecule has 288 valence electrons. The first-order valence-electron chi connectivity index (χ1n) is 19.7. The van der Waals surface area contributed by atoms with Crippen molar-refractivity contribution in [2.45, 2.75) is 77.3 Å². The van der Waals surface area contributed by atoms with Crippen LogP contribution in [0.3, 0.4) is 0 Å². The molecular formula is C48H58N4O3. The zero-order valence-electron chi connectivity index (χ0n) is 32.7. The molecule has 2 unspecified atom stereocenters. The number of hydrogen-bond acceptors (Lipinski definition) is 4. The van der Waals surface area contributed by atoms with Crippen LogP contribution in [0.15, 0.2) is 146 Å². The SMILES string of the molecule is CC(C)c1ccc(C2CCCCN2C(=O)c2ccccc2)cc1.CCN1CCCCC1c1ccccc1.O=CNc1ccccc1.O=CNc1ccccc1. The largest absolute Gasteiger partial charge is 0.332 e. The molecule has 2 N–H and O–H groups in total. The van der Waals surface area contributed by atoms with Crippen LogP contribution < -0.4 is 10.6 Å². The van der Waals surface area contributed by atoms with Crippen LogP contribution in [-0.2, 0) is 9.59 Å². The van der Waals surface area contributed by atoms with Crippen LogP contribution in [0.1, 0.15) is 104 Å². The van der Waals surface area contributed by atoms with E-state index in [2.05, 4.69) is 95.8 Å². The fourth-order valence-electron chi connectivity index (χ4n) is 7.00. The molecule has 2 atom stereocenters. The number of carbonyl (C=O) groups excluding carboxylic acids is 3. The molecule has 2 saturated heterocycles. The Morgan fingerprint density at radius 1 is 0.600 bits per heavy atom. The maximum atomic E-state index is 12.9. The van der Waals surface area contributed by atoms with Crippen LogP contribution in [0, 0.1) is 0 Å². The van der Waals surface area contributed by atoms with Gasteiger partial charge in [-0.2, -0.15) is 0 Å². The highest BCUT2D eigenvalue weighted by Gasteiger charge is 2.28. The predicted octanol–water partition coefficient (Wildman–Crippen LogP) is 10.9. The summed E-state index contributed by atoms with van der Waals surface area (Å²) in [6.07, 6.45) is 8.75. The van der Waals surface area contributed by atoms with Crippen molar-refractivity contribution in [2.75, 3.05) is 30.3 Å². The van der Waals surface area contributed by atoms with Crippen molar-refractivity contribution in [1.29, 1.82) is 0 Å². The van der Waals surface area contributed by atoms with Gasteiger partial charge in [0.15, 0.2) is 0 Å². The van der Waals surface area contributed by atoms with Gasteiger partial charge in [0, 0.05) is 29.5 Å². The maximum Gasteiger partial charge on any atom is 0.254 e. The number of likely N-dealkylation sites (tertiary alicyclic amines) is 2. The zero-order chi connectivity index (χ0) is 39.1. The third-order valence-electron chi connectivity index (χ3n) is 9.98. The summed E-state index contributed by atoms with van der Waals surface area (Å²) in [6, 6.07) is 48.9. The van der Waals surface area contributed by atoms with Gasteiger partial charge >= 0.3 is 0 Å². The second-order valence-electron chi connectivity index (χ2n) is 14.0. The summed E-state index contributed by atoms with van der Waals surface area (Å²) in [6.45, 7) is 9.99. The molecule has 3 amide bonds. The molecule has 5 aromatic carbocycles. The molecule has 0 saturated carbocycles. The van der Waals surface area contributed by atoms with Gasteiger partial charge in [0.05, 0.1) is 6.04 Å². The highest BCUT2D eigenvalue weighted by atomic mass is 16.2. The Balaban J connectivity index is 0.000000178. The summed E-state index contributed by atoms with van der Waals surface area (Å²) in [5.41, 5.74) is 6.55. The number of nitrogens with one attached hydrogen (secondary N) is 2. The van der Waals surface area contributed by atoms with Gasteiger partial charge in [-0.05, 0) is 104 Å². The van der Waals surface area contributed by atoms with E-state index in [-0.39, 0.29) is 11.9 Å². The molecule has 55 heavy (non-hydrogen) atoms. The first-order chi connectivity index (χ1) is 26.9. The molecule has 7 heteroatoms. The van der Waals surface area contributed by atoms with Gasteiger partial charge in [-0.3, -0.25) is 19.3 Å². The van der Waals surface area contributed by atoms with E-state index in [9.17, 15) is 14.4 Å². The van der Waals surface area contributed by atoms with E-state index in [4.69, 9.17) is 0 Å². The monoisotopic (exact) mass is 738 g/mol. The Hall–Kier alpha value is -5.53. The van der Waals surface area contributed by atoms with Crippen LogP contribution in [0.25, 0.3) is 0 Å². The standard InChI is InChI=1S/C21H25NO.C13H19N.2C7H7NO/c1-16(2)17-11-13-18(14-12-17)20-10-6-7-15-22(20)21(23)19-8-4-3-5-9-19;1-2-14-11-7-6-10-13(14)12-8-4-3-5-9-12;2*9-6-8-7-4-2-1-3-5-7/h3-5,8-9,11-14,16,20H,6-7,10,15H2,1-2H3;3-5,8-9,13H,2,6-7,10-11H2,1H3;2*1-6H,(H,8,9). The summed E-state index contributed by atoms with van der Waals surface area (Å²) in [7, 11) is 0. The third kappa shape index (κ3) is 14.0. The molecule has 2 aliphatic rings. The number of piperidine rings is 2. The number of amides is 3. The number of nitrogens with zero attached hydrogens (tertiary/aromatic N) is 2. The minimum atomic E-state index is 0.156. The summed E-state index contributed by atoms with van der Waals surface area (Å²) in [5.74, 6) is 0.695. The average Bonchev–Trinajstić information content (AvgIpc) is 3.26. The Bertz CT molecular complexity index is 1740. The molecular weight excluding hydrogens is 681 g/mol. The van der Waals surface area contributed by atoms with Gasteiger partial charge in [0.1, 0.15) is 0 Å². The molecule has 0 aromatic heterocycles. The van der Waals surface area contributed by atoms with E-state index in [1.54, 1.807) is 0 Å². The highest BCUT2D eigenvalue weighted by Crippen LogP contribution is 2.33. The molecule has 2 fully saturated rings. The van der Waals surface area contributed by atoms with Crippen LogP contribution in [-0.4, -0.2) is 48.2 Å². The van der Waals surface area contributed by atoms with Gasteiger partial charge in [-0.1, -0.05) is 136 Å². The van der Waals surface area contributed by atoms with E-state index in [1.165, 1.54) is 55.5 Å². The second kappa shape index (κ2) is 24.0. The van der Waals surface area contributed by atoms with E-state index < -0.39 is 0 Å². The number of carbonyl (C=O) groups is 3. The molecule has 5 aromatic rings. The van der Waals surface area contributed by atoms with Crippen LogP contribution in [0.5, 0.6) is 0 Å². The Morgan fingerprint density at radius 3 is 1.55 bits per heavy atom.